The van der Waals surface area contributed by atoms with Crippen LogP contribution in [0, 0.1) is 0 Å². The fraction of sp³-hybridized carbons (Fsp3) is 0.294. The van der Waals surface area contributed by atoms with Crippen LogP contribution >= 0.6 is 0 Å². The highest BCUT2D eigenvalue weighted by Gasteiger charge is 2.22. The molecule has 1 unspecified atom stereocenters. The molecule has 0 bridgehead atoms. The van der Waals surface area contributed by atoms with E-state index in [2.05, 4.69) is 70.9 Å². The van der Waals surface area contributed by atoms with Crippen molar-refractivity contribution < 1.29 is 0 Å². The molecule has 1 fully saturated rings. The Morgan fingerprint density at radius 3 is 2.26 bits per heavy atom. The van der Waals surface area contributed by atoms with Crippen LogP contribution in [0.25, 0.3) is 0 Å². The van der Waals surface area contributed by atoms with Gasteiger partial charge in [0.1, 0.15) is 0 Å². The predicted octanol–water partition coefficient (Wildman–Crippen LogP) is 3.06. The Labute approximate surface area is 115 Å². The summed E-state index contributed by atoms with van der Waals surface area (Å²) in [5, 5.41) is 3.47. The van der Waals surface area contributed by atoms with Gasteiger partial charge in [0.2, 0.25) is 0 Å². The van der Waals surface area contributed by atoms with E-state index in [1.54, 1.807) is 0 Å². The Morgan fingerprint density at radius 1 is 0.947 bits per heavy atom. The first-order valence-electron chi connectivity index (χ1n) is 7.00. The summed E-state index contributed by atoms with van der Waals surface area (Å²) < 4.78 is 0. The Hall–Kier alpha value is -1.80. The maximum absolute atomic E-state index is 3.47. The lowest BCUT2D eigenvalue weighted by Crippen LogP contribution is -2.36. The van der Waals surface area contributed by atoms with Crippen molar-refractivity contribution in [3.63, 3.8) is 0 Å². The van der Waals surface area contributed by atoms with Crippen LogP contribution < -0.4 is 10.2 Å². The van der Waals surface area contributed by atoms with E-state index >= 15 is 0 Å². The zero-order valence-corrected chi connectivity index (χ0v) is 11.1. The Morgan fingerprint density at radius 2 is 1.63 bits per heavy atom. The van der Waals surface area contributed by atoms with Gasteiger partial charge in [0.05, 0.1) is 0 Å². The van der Waals surface area contributed by atoms with E-state index in [0.717, 1.165) is 19.6 Å². The molecule has 19 heavy (non-hydrogen) atoms. The highest BCUT2D eigenvalue weighted by Crippen LogP contribution is 2.22. The first-order chi connectivity index (χ1) is 9.43. The average Bonchev–Trinajstić information content (AvgIpc) is 3.01. The largest absolute Gasteiger partial charge is 0.363 e. The Bertz CT molecular complexity index is 489. The van der Waals surface area contributed by atoms with Gasteiger partial charge in [-0.2, -0.15) is 0 Å². The van der Waals surface area contributed by atoms with E-state index in [1.165, 1.54) is 17.7 Å². The lowest BCUT2D eigenvalue weighted by molar-refractivity contribution is 0.631. The molecule has 0 spiro atoms. The van der Waals surface area contributed by atoms with Gasteiger partial charge in [-0.1, -0.05) is 48.5 Å². The first-order valence-corrected chi connectivity index (χ1v) is 7.00. The zero-order valence-electron chi connectivity index (χ0n) is 11.1. The third kappa shape index (κ3) is 2.96. The molecule has 1 aliphatic heterocycles. The van der Waals surface area contributed by atoms with Crippen molar-refractivity contribution in [2.24, 2.45) is 0 Å². The van der Waals surface area contributed by atoms with Crippen LogP contribution in [0.15, 0.2) is 60.7 Å². The molecule has 2 heteroatoms. The molecular formula is C17H20N2. The molecule has 1 atom stereocenters. The van der Waals surface area contributed by atoms with Crippen molar-refractivity contribution in [3.8, 4) is 0 Å². The SMILES string of the molecule is c1ccc(CN(c2ccccc2)C2CCNC2)cc1. The van der Waals surface area contributed by atoms with Gasteiger partial charge < -0.3 is 10.2 Å². The fourth-order valence-electron chi connectivity index (χ4n) is 2.74. The van der Waals surface area contributed by atoms with Crippen LogP contribution in [0.2, 0.25) is 0 Å². The minimum Gasteiger partial charge on any atom is -0.363 e. The lowest BCUT2D eigenvalue weighted by atomic mass is 10.1. The molecule has 1 N–H and O–H groups in total. The van der Waals surface area contributed by atoms with E-state index in [0.29, 0.717) is 6.04 Å². The minimum absolute atomic E-state index is 0.600. The quantitative estimate of drug-likeness (QED) is 0.899. The van der Waals surface area contributed by atoms with Gasteiger partial charge in [0.15, 0.2) is 0 Å². The van der Waals surface area contributed by atoms with Gasteiger partial charge in [-0.3, -0.25) is 0 Å². The van der Waals surface area contributed by atoms with Gasteiger partial charge in [0, 0.05) is 24.8 Å². The molecular weight excluding hydrogens is 232 g/mol. The summed E-state index contributed by atoms with van der Waals surface area (Å²) in [6, 6.07) is 22.1. The topological polar surface area (TPSA) is 15.3 Å². The number of hydrogen-bond acceptors (Lipinski definition) is 2. The molecule has 1 heterocycles. The van der Waals surface area contributed by atoms with Gasteiger partial charge in [-0.15, -0.1) is 0 Å². The second kappa shape index (κ2) is 5.89. The van der Waals surface area contributed by atoms with Gasteiger partial charge >= 0.3 is 0 Å². The smallest absolute Gasteiger partial charge is 0.0433 e. The van der Waals surface area contributed by atoms with Crippen LogP contribution in [0.1, 0.15) is 12.0 Å². The number of benzene rings is 2. The zero-order chi connectivity index (χ0) is 12.9. The van der Waals surface area contributed by atoms with Crippen LogP contribution in [0.5, 0.6) is 0 Å². The summed E-state index contributed by atoms with van der Waals surface area (Å²) in [5.41, 5.74) is 2.69. The Balaban J connectivity index is 1.84. The molecule has 2 aromatic carbocycles. The van der Waals surface area contributed by atoms with Gasteiger partial charge in [-0.05, 0) is 30.7 Å². The van der Waals surface area contributed by atoms with Crippen molar-refractivity contribution in [3.05, 3.63) is 66.2 Å². The van der Waals surface area contributed by atoms with Gasteiger partial charge in [-0.25, -0.2) is 0 Å². The number of anilines is 1. The average molecular weight is 252 g/mol. The summed E-state index contributed by atoms with van der Waals surface area (Å²) >= 11 is 0. The van der Waals surface area contributed by atoms with Crippen molar-refractivity contribution in [2.75, 3.05) is 18.0 Å². The van der Waals surface area contributed by atoms with E-state index in [9.17, 15) is 0 Å². The fourth-order valence-corrected chi connectivity index (χ4v) is 2.74. The standard InChI is InChI=1S/C17H20N2/c1-3-7-15(8-4-1)14-19(17-11-12-18-13-17)16-9-5-2-6-10-16/h1-10,17-18H,11-14H2. The number of rotatable bonds is 4. The third-order valence-corrected chi connectivity index (χ3v) is 3.76. The van der Waals surface area contributed by atoms with Crippen molar-refractivity contribution in [2.45, 2.75) is 19.0 Å². The molecule has 1 saturated heterocycles. The maximum atomic E-state index is 3.47. The van der Waals surface area contributed by atoms with Crippen molar-refractivity contribution >= 4 is 5.69 Å². The second-order valence-electron chi connectivity index (χ2n) is 5.10. The predicted molar refractivity (Wildman–Crippen MR) is 80.3 cm³/mol. The Kier molecular flexibility index (Phi) is 3.80. The van der Waals surface area contributed by atoms with E-state index in [1.807, 2.05) is 0 Å². The molecule has 2 aromatic rings. The number of nitrogens with zero attached hydrogens (tertiary/aromatic N) is 1. The molecule has 0 amide bonds. The monoisotopic (exact) mass is 252 g/mol. The summed E-state index contributed by atoms with van der Waals surface area (Å²) in [6.07, 6.45) is 1.22. The lowest BCUT2D eigenvalue weighted by Gasteiger charge is -2.31. The molecule has 1 aliphatic rings. The molecule has 0 aromatic heterocycles. The molecule has 2 nitrogen and oxygen atoms in total. The maximum Gasteiger partial charge on any atom is 0.0433 e. The van der Waals surface area contributed by atoms with Crippen LogP contribution in [-0.2, 0) is 6.54 Å². The van der Waals surface area contributed by atoms with Crippen LogP contribution in [0.3, 0.4) is 0 Å². The highest BCUT2D eigenvalue weighted by atomic mass is 15.2. The van der Waals surface area contributed by atoms with Gasteiger partial charge in [0.25, 0.3) is 0 Å². The number of para-hydroxylation sites is 1. The molecule has 98 valence electrons. The van der Waals surface area contributed by atoms with E-state index in [-0.39, 0.29) is 0 Å². The molecule has 0 radical (unpaired) electrons. The second-order valence-corrected chi connectivity index (χ2v) is 5.10. The highest BCUT2D eigenvalue weighted by molar-refractivity contribution is 5.48. The summed E-state index contributed by atoms with van der Waals surface area (Å²) in [7, 11) is 0. The molecule has 0 aliphatic carbocycles. The van der Waals surface area contributed by atoms with Crippen LogP contribution in [0.4, 0.5) is 5.69 Å². The normalized spacial score (nSPS) is 18.4. The summed E-state index contributed by atoms with van der Waals surface area (Å²) in [5.74, 6) is 0. The number of hydrogen-bond donors (Lipinski definition) is 1. The summed E-state index contributed by atoms with van der Waals surface area (Å²) in [6.45, 7) is 3.20. The van der Waals surface area contributed by atoms with E-state index < -0.39 is 0 Å². The molecule has 0 saturated carbocycles. The van der Waals surface area contributed by atoms with Crippen molar-refractivity contribution in [1.82, 2.24) is 5.32 Å². The minimum atomic E-state index is 0.600. The first kappa shape index (κ1) is 12.2. The number of nitrogens with one attached hydrogen (secondary N) is 1. The third-order valence-electron chi connectivity index (χ3n) is 3.76. The van der Waals surface area contributed by atoms with E-state index in [4.69, 9.17) is 0 Å². The van der Waals surface area contributed by atoms with Crippen LogP contribution in [-0.4, -0.2) is 19.1 Å². The summed E-state index contributed by atoms with van der Waals surface area (Å²) in [4.78, 5) is 2.52. The molecule has 3 rings (SSSR count). The van der Waals surface area contributed by atoms with Crippen molar-refractivity contribution in [1.29, 1.82) is 0 Å².